The highest BCUT2D eigenvalue weighted by Gasteiger charge is 2.28. The number of aromatic nitrogens is 3. The van der Waals surface area contributed by atoms with Crippen LogP contribution in [0.15, 0.2) is 30.9 Å². The van der Waals surface area contributed by atoms with E-state index in [-0.39, 0.29) is 11.9 Å². The summed E-state index contributed by atoms with van der Waals surface area (Å²) in [4.78, 5) is 16.1. The van der Waals surface area contributed by atoms with E-state index in [2.05, 4.69) is 15.4 Å². The Hall–Kier alpha value is -2.21. The quantitative estimate of drug-likeness (QED) is 0.859. The van der Waals surface area contributed by atoms with Gasteiger partial charge in [0.15, 0.2) is 0 Å². The van der Waals surface area contributed by atoms with Crippen molar-refractivity contribution in [2.24, 2.45) is 11.7 Å². The van der Waals surface area contributed by atoms with E-state index < -0.39 is 0 Å². The zero-order chi connectivity index (χ0) is 14.8. The van der Waals surface area contributed by atoms with Crippen LogP contribution in [0.5, 0.6) is 0 Å². The van der Waals surface area contributed by atoms with Crippen molar-refractivity contribution in [2.75, 3.05) is 6.54 Å². The van der Waals surface area contributed by atoms with Crippen LogP contribution in [-0.4, -0.2) is 33.3 Å². The summed E-state index contributed by atoms with van der Waals surface area (Å²) in [6.45, 7) is 2.48. The van der Waals surface area contributed by atoms with E-state index in [1.807, 2.05) is 19.1 Å². The summed E-state index contributed by atoms with van der Waals surface area (Å²) in [6, 6.07) is 5.60. The number of hydrogen-bond acceptors (Lipinski definition) is 4. The zero-order valence-electron chi connectivity index (χ0n) is 12.0. The third-order valence-electron chi connectivity index (χ3n) is 3.85. The minimum Gasteiger partial charge on any atom is -0.350 e. The number of amides is 1. The first-order valence-electron chi connectivity index (χ1n) is 7.14. The predicted molar refractivity (Wildman–Crippen MR) is 79.1 cm³/mol. The molecule has 1 saturated carbocycles. The van der Waals surface area contributed by atoms with Crippen molar-refractivity contribution in [3.8, 4) is 5.69 Å². The monoisotopic (exact) mass is 285 g/mol. The number of nitrogens with zero attached hydrogens (tertiary/aromatic N) is 3. The van der Waals surface area contributed by atoms with Gasteiger partial charge in [0, 0.05) is 18.2 Å². The van der Waals surface area contributed by atoms with Gasteiger partial charge < -0.3 is 11.1 Å². The first-order valence-corrected chi connectivity index (χ1v) is 7.14. The van der Waals surface area contributed by atoms with Gasteiger partial charge in [0.05, 0.1) is 5.69 Å². The topological polar surface area (TPSA) is 85.8 Å². The van der Waals surface area contributed by atoms with Crippen molar-refractivity contribution in [3.63, 3.8) is 0 Å². The number of carbonyl (C=O) groups is 1. The third-order valence-corrected chi connectivity index (χ3v) is 3.85. The van der Waals surface area contributed by atoms with Crippen LogP contribution in [0.3, 0.4) is 0 Å². The Morgan fingerprint density at radius 1 is 1.52 bits per heavy atom. The summed E-state index contributed by atoms with van der Waals surface area (Å²) < 4.78 is 1.68. The number of aryl methyl sites for hydroxylation is 1. The molecule has 1 unspecified atom stereocenters. The summed E-state index contributed by atoms with van der Waals surface area (Å²) in [7, 11) is 0. The van der Waals surface area contributed by atoms with E-state index in [1.54, 1.807) is 17.1 Å². The second-order valence-corrected chi connectivity index (χ2v) is 5.55. The molecule has 6 heteroatoms. The normalized spacial score (nSPS) is 15.7. The first kappa shape index (κ1) is 13.8. The highest BCUT2D eigenvalue weighted by Crippen LogP contribution is 2.31. The molecule has 6 nitrogen and oxygen atoms in total. The molecule has 110 valence electrons. The van der Waals surface area contributed by atoms with Gasteiger partial charge in [-0.05, 0) is 49.4 Å². The van der Waals surface area contributed by atoms with Crippen molar-refractivity contribution in [2.45, 2.75) is 25.8 Å². The molecule has 0 spiro atoms. The molecule has 1 aliphatic rings. The lowest BCUT2D eigenvalue weighted by atomic mass is 10.1. The molecule has 1 heterocycles. The van der Waals surface area contributed by atoms with Crippen LogP contribution in [0.4, 0.5) is 0 Å². The fraction of sp³-hybridized carbons (Fsp3) is 0.400. The van der Waals surface area contributed by atoms with Crippen LogP contribution in [0, 0.1) is 12.8 Å². The molecule has 3 N–H and O–H groups in total. The van der Waals surface area contributed by atoms with E-state index in [0.29, 0.717) is 18.0 Å². The fourth-order valence-corrected chi connectivity index (χ4v) is 2.39. The van der Waals surface area contributed by atoms with Crippen molar-refractivity contribution in [1.82, 2.24) is 20.1 Å². The molecule has 1 aromatic heterocycles. The van der Waals surface area contributed by atoms with Crippen molar-refractivity contribution in [1.29, 1.82) is 0 Å². The summed E-state index contributed by atoms with van der Waals surface area (Å²) in [5.74, 6) is 0.501. The molecule has 1 fully saturated rings. The predicted octanol–water partition coefficient (Wildman–Crippen LogP) is 1.04. The van der Waals surface area contributed by atoms with Crippen LogP contribution in [0.2, 0.25) is 0 Å². The van der Waals surface area contributed by atoms with Crippen LogP contribution in [0.1, 0.15) is 28.8 Å². The van der Waals surface area contributed by atoms with Gasteiger partial charge in [0.25, 0.3) is 5.91 Å². The molecule has 2 aromatic rings. The molecule has 1 aromatic carbocycles. The lowest BCUT2D eigenvalue weighted by molar-refractivity contribution is 0.0950. The lowest BCUT2D eigenvalue weighted by Gasteiger charge is -2.12. The molecule has 3 rings (SSSR count). The Bertz CT molecular complexity index is 634. The van der Waals surface area contributed by atoms with Crippen LogP contribution in [0.25, 0.3) is 5.69 Å². The molecular formula is C15H19N5O. The first-order chi connectivity index (χ1) is 10.1. The number of nitrogens with two attached hydrogens (primary N) is 1. The Kier molecular flexibility index (Phi) is 3.70. The molecule has 0 radical (unpaired) electrons. The molecule has 1 atom stereocenters. The molecular weight excluding hydrogens is 266 g/mol. The number of rotatable bonds is 5. The Morgan fingerprint density at radius 3 is 2.95 bits per heavy atom. The minimum absolute atomic E-state index is 0.0736. The summed E-state index contributed by atoms with van der Waals surface area (Å²) in [5.41, 5.74) is 8.52. The average molecular weight is 285 g/mol. The average Bonchev–Trinajstić information content (AvgIpc) is 3.20. The van der Waals surface area contributed by atoms with Gasteiger partial charge in [0.1, 0.15) is 12.7 Å². The summed E-state index contributed by atoms with van der Waals surface area (Å²) in [6.07, 6.45) is 5.49. The Morgan fingerprint density at radius 2 is 2.33 bits per heavy atom. The highest BCUT2D eigenvalue weighted by atomic mass is 16.1. The van der Waals surface area contributed by atoms with Gasteiger partial charge in [-0.2, -0.15) is 5.10 Å². The van der Waals surface area contributed by atoms with Crippen molar-refractivity contribution < 1.29 is 4.79 Å². The summed E-state index contributed by atoms with van der Waals surface area (Å²) >= 11 is 0. The van der Waals surface area contributed by atoms with Crippen molar-refractivity contribution >= 4 is 5.91 Å². The standard InChI is InChI=1S/C15H19N5O/c1-10-6-12(4-5-14(10)20-9-17-8-19-20)15(21)18-7-13(16)11-2-3-11/h4-6,8-9,11,13H,2-3,7,16H2,1H3,(H,18,21). The molecule has 1 amide bonds. The van der Waals surface area contributed by atoms with Gasteiger partial charge in [-0.3, -0.25) is 4.79 Å². The van der Waals surface area contributed by atoms with Crippen LogP contribution >= 0.6 is 0 Å². The largest absolute Gasteiger partial charge is 0.350 e. The van der Waals surface area contributed by atoms with Gasteiger partial charge in [-0.25, -0.2) is 9.67 Å². The van der Waals surface area contributed by atoms with Crippen molar-refractivity contribution in [3.05, 3.63) is 42.0 Å². The van der Waals surface area contributed by atoms with Crippen LogP contribution in [-0.2, 0) is 0 Å². The summed E-state index contributed by atoms with van der Waals surface area (Å²) in [5, 5.41) is 7.00. The van der Waals surface area contributed by atoms with Gasteiger partial charge in [-0.1, -0.05) is 0 Å². The lowest BCUT2D eigenvalue weighted by Crippen LogP contribution is -2.38. The molecule has 0 saturated heterocycles. The molecule has 1 aliphatic carbocycles. The zero-order valence-corrected chi connectivity index (χ0v) is 12.0. The Balaban J connectivity index is 1.68. The number of hydrogen-bond donors (Lipinski definition) is 2. The molecule has 0 aliphatic heterocycles. The molecule has 0 bridgehead atoms. The van der Waals surface area contributed by atoms with Gasteiger partial charge in [0.2, 0.25) is 0 Å². The highest BCUT2D eigenvalue weighted by molar-refractivity contribution is 5.94. The van der Waals surface area contributed by atoms with E-state index in [0.717, 1.165) is 11.3 Å². The maximum atomic E-state index is 12.1. The number of nitrogens with one attached hydrogen (secondary N) is 1. The maximum Gasteiger partial charge on any atom is 0.251 e. The second kappa shape index (κ2) is 5.65. The van der Waals surface area contributed by atoms with E-state index in [4.69, 9.17) is 5.73 Å². The minimum atomic E-state index is -0.0839. The Labute approximate surface area is 123 Å². The number of benzene rings is 1. The van der Waals surface area contributed by atoms with E-state index in [9.17, 15) is 4.79 Å². The maximum absolute atomic E-state index is 12.1. The fourth-order valence-electron chi connectivity index (χ4n) is 2.39. The smallest absolute Gasteiger partial charge is 0.251 e. The SMILES string of the molecule is Cc1cc(C(=O)NCC(N)C2CC2)ccc1-n1cncn1. The second-order valence-electron chi connectivity index (χ2n) is 5.55. The van der Waals surface area contributed by atoms with E-state index >= 15 is 0 Å². The van der Waals surface area contributed by atoms with Crippen LogP contribution < -0.4 is 11.1 Å². The van der Waals surface area contributed by atoms with Gasteiger partial charge >= 0.3 is 0 Å². The third kappa shape index (κ3) is 3.11. The van der Waals surface area contributed by atoms with E-state index in [1.165, 1.54) is 19.2 Å². The van der Waals surface area contributed by atoms with Gasteiger partial charge in [-0.15, -0.1) is 0 Å². The number of carbonyl (C=O) groups excluding carboxylic acids is 1. The molecule has 21 heavy (non-hydrogen) atoms.